The van der Waals surface area contributed by atoms with Crippen molar-refractivity contribution < 1.29 is 5.11 Å². The van der Waals surface area contributed by atoms with E-state index in [0.717, 1.165) is 16.9 Å². The molecular weight excluding hydrogens is 255 g/mol. The van der Waals surface area contributed by atoms with Crippen LogP contribution in [0.3, 0.4) is 0 Å². The zero-order valence-electron chi connectivity index (χ0n) is 8.69. The predicted octanol–water partition coefficient (Wildman–Crippen LogP) is 2.26. The molecule has 3 nitrogen and oxygen atoms in total. The monoisotopic (exact) mass is 270 g/mol. The molecule has 0 saturated carbocycles. The van der Waals surface area contributed by atoms with Crippen LogP contribution >= 0.6 is 36.6 Å². The highest BCUT2D eigenvalue weighted by Crippen LogP contribution is 2.25. The molecule has 3 N–H and O–H groups in total. The van der Waals surface area contributed by atoms with Gasteiger partial charge in [-0.15, -0.1) is 24.8 Å². The fraction of sp³-hybridized carbons (Fsp3) is 0.444. The molecule has 0 bridgehead atoms. The van der Waals surface area contributed by atoms with Gasteiger partial charge in [0.1, 0.15) is 5.75 Å². The molecular formula is C9H16Cl2N2OS. The molecule has 0 saturated heterocycles. The molecule has 0 aliphatic heterocycles. The number of hydrogen-bond acceptors (Lipinski definition) is 4. The predicted molar refractivity (Wildman–Crippen MR) is 70.2 cm³/mol. The van der Waals surface area contributed by atoms with Gasteiger partial charge in [-0.3, -0.25) is 4.98 Å². The van der Waals surface area contributed by atoms with E-state index in [1.807, 2.05) is 6.26 Å². The number of rotatable bonds is 3. The van der Waals surface area contributed by atoms with Crippen LogP contribution in [0.5, 0.6) is 5.75 Å². The number of nitrogens with zero attached hydrogens (tertiary/aromatic N) is 1. The minimum atomic E-state index is 0. The Kier molecular flexibility index (Phi) is 9.25. The van der Waals surface area contributed by atoms with Crippen LogP contribution in [0.15, 0.2) is 6.20 Å². The Balaban J connectivity index is 0. The molecule has 88 valence electrons. The molecule has 0 aromatic carbocycles. The average Bonchev–Trinajstić information content (AvgIpc) is 2.12. The number of hydrogen-bond donors (Lipinski definition) is 2. The second-order valence-electron chi connectivity index (χ2n) is 2.83. The first-order chi connectivity index (χ1) is 6.20. The number of thioether (sulfide) groups is 1. The summed E-state index contributed by atoms with van der Waals surface area (Å²) in [5, 5.41) is 9.65. The lowest BCUT2D eigenvalue weighted by Gasteiger charge is -2.09. The van der Waals surface area contributed by atoms with E-state index in [4.69, 9.17) is 5.73 Å². The highest BCUT2D eigenvalue weighted by atomic mass is 35.5. The van der Waals surface area contributed by atoms with Crippen LogP contribution in [0.25, 0.3) is 0 Å². The SMILES string of the molecule is CSCc1cnc(C)c(O)c1CN.Cl.Cl. The molecule has 0 amide bonds. The number of halogens is 2. The fourth-order valence-electron chi connectivity index (χ4n) is 1.19. The maximum Gasteiger partial charge on any atom is 0.141 e. The maximum absolute atomic E-state index is 9.65. The summed E-state index contributed by atoms with van der Waals surface area (Å²) in [6.07, 6.45) is 3.80. The van der Waals surface area contributed by atoms with Crippen LogP contribution in [0.2, 0.25) is 0 Å². The van der Waals surface area contributed by atoms with E-state index in [-0.39, 0.29) is 30.6 Å². The number of aromatic hydroxyl groups is 1. The highest BCUT2D eigenvalue weighted by molar-refractivity contribution is 7.97. The molecule has 0 aliphatic carbocycles. The summed E-state index contributed by atoms with van der Waals surface area (Å²) < 4.78 is 0. The first kappa shape index (κ1) is 17.2. The highest BCUT2D eigenvalue weighted by Gasteiger charge is 2.09. The third-order valence-electron chi connectivity index (χ3n) is 1.93. The van der Waals surface area contributed by atoms with Gasteiger partial charge in [0.15, 0.2) is 0 Å². The van der Waals surface area contributed by atoms with Crippen molar-refractivity contribution in [1.82, 2.24) is 4.98 Å². The first-order valence-electron chi connectivity index (χ1n) is 4.06. The Morgan fingerprint density at radius 1 is 1.47 bits per heavy atom. The van der Waals surface area contributed by atoms with Crippen molar-refractivity contribution in [3.8, 4) is 5.75 Å². The van der Waals surface area contributed by atoms with Crippen molar-refractivity contribution in [2.45, 2.75) is 19.2 Å². The van der Waals surface area contributed by atoms with Crippen molar-refractivity contribution in [2.24, 2.45) is 5.73 Å². The van der Waals surface area contributed by atoms with Gasteiger partial charge < -0.3 is 10.8 Å². The second-order valence-corrected chi connectivity index (χ2v) is 3.70. The van der Waals surface area contributed by atoms with Crippen LogP contribution in [0.1, 0.15) is 16.8 Å². The van der Waals surface area contributed by atoms with E-state index in [9.17, 15) is 5.11 Å². The molecule has 1 aromatic rings. The third-order valence-corrected chi connectivity index (χ3v) is 2.53. The van der Waals surface area contributed by atoms with Gasteiger partial charge in [-0.05, 0) is 18.7 Å². The summed E-state index contributed by atoms with van der Waals surface area (Å²) in [7, 11) is 0. The number of aromatic nitrogens is 1. The van der Waals surface area contributed by atoms with Crippen molar-refractivity contribution in [1.29, 1.82) is 0 Å². The van der Waals surface area contributed by atoms with Crippen molar-refractivity contribution >= 4 is 36.6 Å². The van der Waals surface area contributed by atoms with E-state index in [1.165, 1.54) is 0 Å². The lowest BCUT2D eigenvalue weighted by Crippen LogP contribution is -2.03. The van der Waals surface area contributed by atoms with Crippen molar-refractivity contribution in [3.63, 3.8) is 0 Å². The van der Waals surface area contributed by atoms with Gasteiger partial charge in [0.2, 0.25) is 0 Å². The summed E-state index contributed by atoms with van der Waals surface area (Å²) in [5.74, 6) is 1.09. The van der Waals surface area contributed by atoms with E-state index >= 15 is 0 Å². The lowest BCUT2D eigenvalue weighted by atomic mass is 10.1. The third kappa shape index (κ3) is 4.07. The van der Waals surface area contributed by atoms with E-state index in [1.54, 1.807) is 24.9 Å². The van der Waals surface area contributed by atoms with Gasteiger partial charge in [0, 0.05) is 24.1 Å². The number of aryl methyl sites for hydroxylation is 1. The molecule has 0 unspecified atom stereocenters. The Morgan fingerprint density at radius 2 is 2.07 bits per heavy atom. The van der Waals surface area contributed by atoms with E-state index in [0.29, 0.717) is 12.2 Å². The van der Waals surface area contributed by atoms with Crippen LogP contribution in [-0.4, -0.2) is 16.3 Å². The summed E-state index contributed by atoms with van der Waals surface area (Å²) in [5.41, 5.74) is 8.04. The summed E-state index contributed by atoms with van der Waals surface area (Å²) in [6, 6.07) is 0. The zero-order chi connectivity index (χ0) is 9.84. The smallest absolute Gasteiger partial charge is 0.141 e. The lowest BCUT2D eigenvalue weighted by molar-refractivity contribution is 0.459. The van der Waals surface area contributed by atoms with Crippen molar-refractivity contribution in [3.05, 3.63) is 23.0 Å². The molecule has 1 aromatic heterocycles. The Bertz CT molecular complexity index is 310. The number of pyridine rings is 1. The molecule has 6 heteroatoms. The summed E-state index contributed by atoms with van der Waals surface area (Å²) >= 11 is 1.69. The minimum absolute atomic E-state index is 0. The molecule has 0 fully saturated rings. The van der Waals surface area contributed by atoms with Gasteiger partial charge in [0.05, 0.1) is 5.69 Å². The van der Waals surface area contributed by atoms with E-state index in [2.05, 4.69) is 4.98 Å². The Hall–Kier alpha value is -0.160. The Labute approximate surface area is 107 Å². The molecule has 0 aliphatic rings. The van der Waals surface area contributed by atoms with Crippen LogP contribution in [0, 0.1) is 6.92 Å². The Morgan fingerprint density at radius 3 is 2.53 bits per heavy atom. The molecule has 0 radical (unpaired) electrons. The summed E-state index contributed by atoms with van der Waals surface area (Å²) in [4.78, 5) is 4.09. The minimum Gasteiger partial charge on any atom is -0.506 e. The summed E-state index contributed by atoms with van der Waals surface area (Å²) in [6.45, 7) is 2.14. The van der Waals surface area contributed by atoms with Crippen LogP contribution in [0.4, 0.5) is 0 Å². The zero-order valence-corrected chi connectivity index (χ0v) is 11.1. The first-order valence-corrected chi connectivity index (χ1v) is 5.45. The molecule has 15 heavy (non-hydrogen) atoms. The second kappa shape index (κ2) is 8.05. The quantitative estimate of drug-likeness (QED) is 0.885. The fourth-order valence-corrected chi connectivity index (χ4v) is 1.75. The van der Waals surface area contributed by atoms with Gasteiger partial charge >= 0.3 is 0 Å². The van der Waals surface area contributed by atoms with Crippen LogP contribution < -0.4 is 5.73 Å². The molecule has 0 atom stereocenters. The van der Waals surface area contributed by atoms with Crippen molar-refractivity contribution in [2.75, 3.05) is 6.26 Å². The van der Waals surface area contributed by atoms with E-state index < -0.39 is 0 Å². The largest absolute Gasteiger partial charge is 0.506 e. The van der Waals surface area contributed by atoms with Gasteiger partial charge in [0.25, 0.3) is 0 Å². The topological polar surface area (TPSA) is 59.1 Å². The number of nitrogens with two attached hydrogens (primary N) is 1. The van der Waals surface area contributed by atoms with Gasteiger partial charge in [-0.1, -0.05) is 0 Å². The maximum atomic E-state index is 9.65. The van der Waals surface area contributed by atoms with Gasteiger partial charge in [-0.2, -0.15) is 11.8 Å². The van der Waals surface area contributed by atoms with Crippen LogP contribution in [-0.2, 0) is 12.3 Å². The molecule has 1 heterocycles. The molecule has 0 spiro atoms. The normalized spacial score (nSPS) is 9.00. The average molecular weight is 271 g/mol. The molecule has 1 rings (SSSR count). The standard InChI is InChI=1S/C9H14N2OS.2ClH/c1-6-9(12)8(3-10)7(4-11-6)5-13-2;;/h4,12H,3,5,10H2,1-2H3;2*1H. The van der Waals surface area contributed by atoms with Gasteiger partial charge in [-0.25, -0.2) is 0 Å².